The van der Waals surface area contributed by atoms with E-state index in [1.165, 1.54) is 0 Å². The molecule has 2 aliphatic heterocycles. The zero-order chi connectivity index (χ0) is 18.4. The van der Waals surface area contributed by atoms with Gasteiger partial charge in [0.05, 0.1) is 17.2 Å². The summed E-state index contributed by atoms with van der Waals surface area (Å²) in [6.45, 7) is 5.54. The van der Waals surface area contributed by atoms with Crippen LogP contribution in [0.5, 0.6) is 0 Å². The summed E-state index contributed by atoms with van der Waals surface area (Å²) in [5.74, 6) is 2.12. The van der Waals surface area contributed by atoms with Crippen molar-refractivity contribution in [2.75, 3.05) is 31.1 Å². The summed E-state index contributed by atoms with van der Waals surface area (Å²) in [5.41, 5.74) is 3.74. The van der Waals surface area contributed by atoms with E-state index in [1.54, 1.807) is 0 Å². The predicted molar refractivity (Wildman–Crippen MR) is 106 cm³/mol. The fourth-order valence-electron chi connectivity index (χ4n) is 4.43. The van der Waals surface area contributed by atoms with E-state index in [-0.39, 0.29) is 5.91 Å². The molecule has 0 bridgehead atoms. The second kappa shape index (κ2) is 6.34. The lowest BCUT2D eigenvalue weighted by Gasteiger charge is -2.23. The number of amides is 1. The van der Waals surface area contributed by atoms with Gasteiger partial charge < -0.3 is 9.80 Å². The van der Waals surface area contributed by atoms with E-state index in [0.29, 0.717) is 11.8 Å². The third-order valence-electron chi connectivity index (χ3n) is 5.91. The molecule has 2 aliphatic rings. The lowest BCUT2D eigenvalue weighted by atomic mass is 10.0. The minimum atomic E-state index is 0.166. The Morgan fingerprint density at radius 2 is 1.59 bits per heavy atom. The number of carbonyl (C=O) groups excluding carboxylic acids is 1. The maximum Gasteiger partial charge on any atom is 0.254 e. The van der Waals surface area contributed by atoms with Crippen molar-refractivity contribution in [1.29, 1.82) is 0 Å². The lowest BCUT2D eigenvalue weighted by Crippen LogP contribution is -2.33. The molecule has 0 aliphatic carbocycles. The number of anilines is 1. The van der Waals surface area contributed by atoms with Gasteiger partial charge in [-0.15, -0.1) is 0 Å². The lowest BCUT2D eigenvalue weighted by molar-refractivity contribution is 0.0782. The second-order valence-corrected chi connectivity index (χ2v) is 7.67. The van der Waals surface area contributed by atoms with Gasteiger partial charge in [0, 0.05) is 43.6 Å². The van der Waals surface area contributed by atoms with Gasteiger partial charge >= 0.3 is 0 Å². The molecule has 2 saturated heterocycles. The van der Waals surface area contributed by atoms with E-state index in [4.69, 9.17) is 4.98 Å². The molecule has 5 heteroatoms. The smallest absolute Gasteiger partial charge is 0.254 e. The van der Waals surface area contributed by atoms with Gasteiger partial charge in [0.25, 0.3) is 5.91 Å². The molecule has 1 aromatic heterocycles. The molecule has 2 fully saturated rings. The molecular weight excluding hydrogens is 336 g/mol. The van der Waals surface area contributed by atoms with Crippen LogP contribution in [0.1, 0.15) is 15.9 Å². The van der Waals surface area contributed by atoms with Crippen LogP contribution in [0.3, 0.4) is 0 Å². The largest absolute Gasteiger partial charge is 0.355 e. The molecule has 3 heterocycles. The van der Waals surface area contributed by atoms with Crippen molar-refractivity contribution in [1.82, 2.24) is 14.9 Å². The summed E-state index contributed by atoms with van der Waals surface area (Å²) >= 11 is 0. The summed E-state index contributed by atoms with van der Waals surface area (Å²) in [6, 6.07) is 15.8. The molecule has 3 aromatic rings. The van der Waals surface area contributed by atoms with Crippen LogP contribution >= 0.6 is 0 Å². The molecule has 5 rings (SSSR count). The van der Waals surface area contributed by atoms with E-state index in [9.17, 15) is 4.79 Å². The first-order chi connectivity index (χ1) is 13.2. The zero-order valence-electron chi connectivity index (χ0n) is 15.4. The van der Waals surface area contributed by atoms with E-state index >= 15 is 0 Å². The summed E-state index contributed by atoms with van der Waals surface area (Å²) in [4.78, 5) is 26.6. The van der Waals surface area contributed by atoms with Gasteiger partial charge in [0.2, 0.25) is 0 Å². The summed E-state index contributed by atoms with van der Waals surface area (Å²) in [7, 11) is 0. The minimum absolute atomic E-state index is 0.166. The molecule has 0 spiro atoms. The van der Waals surface area contributed by atoms with Crippen molar-refractivity contribution in [3.63, 3.8) is 0 Å². The number of benzene rings is 2. The number of hydrogen-bond acceptors (Lipinski definition) is 4. The Hall–Kier alpha value is -2.95. The Labute approximate surface area is 158 Å². The Kier molecular flexibility index (Phi) is 3.81. The van der Waals surface area contributed by atoms with Gasteiger partial charge in [-0.25, -0.2) is 4.98 Å². The van der Waals surface area contributed by atoms with E-state index in [1.807, 2.05) is 66.6 Å². The third kappa shape index (κ3) is 2.83. The number of aryl methyl sites for hydroxylation is 1. The van der Waals surface area contributed by atoms with Crippen molar-refractivity contribution in [2.45, 2.75) is 6.92 Å². The molecule has 5 nitrogen and oxygen atoms in total. The number of nitrogens with zero attached hydrogens (tertiary/aromatic N) is 4. The van der Waals surface area contributed by atoms with Crippen molar-refractivity contribution in [3.05, 3.63) is 65.9 Å². The molecule has 1 amide bonds. The number of rotatable bonds is 2. The Bertz CT molecular complexity index is 1000. The molecule has 136 valence electrons. The highest BCUT2D eigenvalue weighted by molar-refractivity contribution is 5.95. The normalized spacial score (nSPS) is 21.7. The minimum Gasteiger partial charge on any atom is -0.355 e. The first-order valence-electron chi connectivity index (χ1n) is 9.50. The average molecular weight is 358 g/mol. The fourth-order valence-corrected chi connectivity index (χ4v) is 4.43. The number of hydrogen-bond donors (Lipinski definition) is 0. The Morgan fingerprint density at radius 3 is 2.33 bits per heavy atom. The van der Waals surface area contributed by atoms with Gasteiger partial charge in [-0.2, -0.15) is 0 Å². The SMILES string of the molecule is Cc1ccccc1C(=O)N1CC2CN(c3cnc4ccccc4n3)CC2C1. The predicted octanol–water partition coefficient (Wildman–Crippen LogP) is 3.15. The highest BCUT2D eigenvalue weighted by Crippen LogP contribution is 2.34. The number of carbonyl (C=O) groups is 1. The highest BCUT2D eigenvalue weighted by atomic mass is 16.2. The first-order valence-corrected chi connectivity index (χ1v) is 9.50. The van der Waals surface area contributed by atoms with Crippen molar-refractivity contribution >= 4 is 22.8 Å². The van der Waals surface area contributed by atoms with Crippen LogP contribution in [0, 0.1) is 18.8 Å². The molecule has 2 aromatic carbocycles. The van der Waals surface area contributed by atoms with Gasteiger partial charge in [-0.05, 0) is 30.7 Å². The molecule has 0 radical (unpaired) electrons. The molecular formula is C22H22N4O. The molecule has 2 atom stereocenters. The Balaban J connectivity index is 1.30. The zero-order valence-corrected chi connectivity index (χ0v) is 15.4. The van der Waals surface area contributed by atoms with Gasteiger partial charge in [0.15, 0.2) is 0 Å². The van der Waals surface area contributed by atoms with E-state index < -0.39 is 0 Å². The van der Waals surface area contributed by atoms with Crippen LogP contribution in [0.25, 0.3) is 11.0 Å². The maximum atomic E-state index is 12.9. The highest BCUT2D eigenvalue weighted by Gasteiger charge is 2.42. The maximum absolute atomic E-state index is 12.9. The van der Waals surface area contributed by atoms with Crippen LogP contribution < -0.4 is 4.90 Å². The van der Waals surface area contributed by atoms with E-state index in [0.717, 1.165) is 54.2 Å². The van der Waals surface area contributed by atoms with Crippen molar-refractivity contribution in [3.8, 4) is 0 Å². The number of aromatic nitrogens is 2. The Morgan fingerprint density at radius 1 is 0.926 bits per heavy atom. The molecule has 0 N–H and O–H groups in total. The monoisotopic (exact) mass is 358 g/mol. The van der Waals surface area contributed by atoms with Crippen LogP contribution in [-0.4, -0.2) is 47.0 Å². The number of fused-ring (bicyclic) bond motifs is 2. The third-order valence-corrected chi connectivity index (χ3v) is 5.91. The van der Waals surface area contributed by atoms with Crippen LogP contribution in [0.4, 0.5) is 5.82 Å². The number of para-hydroxylation sites is 2. The summed E-state index contributed by atoms with van der Waals surface area (Å²) < 4.78 is 0. The topological polar surface area (TPSA) is 49.3 Å². The molecule has 0 saturated carbocycles. The quantitative estimate of drug-likeness (QED) is 0.706. The first kappa shape index (κ1) is 16.2. The number of likely N-dealkylation sites (tertiary alicyclic amines) is 1. The van der Waals surface area contributed by atoms with E-state index in [2.05, 4.69) is 9.88 Å². The second-order valence-electron chi connectivity index (χ2n) is 7.67. The fraction of sp³-hybridized carbons (Fsp3) is 0.318. The van der Waals surface area contributed by atoms with Crippen LogP contribution in [0.15, 0.2) is 54.7 Å². The average Bonchev–Trinajstić information content (AvgIpc) is 3.27. The van der Waals surface area contributed by atoms with Gasteiger partial charge in [-0.1, -0.05) is 30.3 Å². The van der Waals surface area contributed by atoms with Gasteiger partial charge in [0.1, 0.15) is 5.82 Å². The van der Waals surface area contributed by atoms with Crippen molar-refractivity contribution < 1.29 is 4.79 Å². The summed E-state index contributed by atoms with van der Waals surface area (Å²) in [5, 5.41) is 0. The summed E-state index contributed by atoms with van der Waals surface area (Å²) in [6.07, 6.45) is 1.87. The molecule has 2 unspecified atom stereocenters. The van der Waals surface area contributed by atoms with Crippen molar-refractivity contribution in [2.24, 2.45) is 11.8 Å². The molecule has 27 heavy (non-hydrogen) atoms. The van der Waals surface area contributed by atoms with Crippen LogP contribution in [-0.2, 0) is 0 Å². The van der Waals surface area contributed by atoms with Gasteiger partial charge in [-0.3, -0.25) is 9.78 Å². The standard InChI is InChI=1S/C22H22N4O/c1-15-6-2-3-7-18(15)22(27)26-13-16-11-25(12-17(16)14-26)21-10-23-19-8-4-5-9-20(19)24-21/h2-10,16-17H,11-14H2,1H3. The van der Waals surface area contributed by atoms with Crippen LogP contribution in [0.2, 0.25) is 0 Å².